The average molecular weight is 353 g/mol. The van der Waals surface area contributed by atoms with E-state index in [1.165, 1.54) is 7.11 Å². The third kappa shape index (κ3) is 4.92. The van der Waals surface area contributed by atoms with E-state index >= 15 is 0 Å². The predicted octanol–water partition coefficient (Wildman–Crippen LogP) is 2.70. The number of halogens is 1. The maximum Gasteiger partial charge on any atom is 0.411 e. The number of benzene rings is 1. The van der Waals surface area contributed by atoms with Crippen molar-refractivity contribution in [3.05, 3.63) is 35.9 Å². The van der Waals surface area contributed by atoms with E-state index in [1.54, 1.807) is 0 Å². The van der Waals surface area contributed by atoms with Crippen LogP contribution < -0.4 is 0 Å². The largest absolute Gasteiger partial charge is 0.464 e. The smallest absolute Gasteiger partial charge is 0.411 e. The minimum Gasteiger partial charge on any atom is -0.464 e. The molecular weight excluding hydrogens is 329 g/mol. The Morgan fingerprint density at radius 3 is 2.60 bits per heavy atom. The number of likely N-dealkylation sites (tertiary alicyclic amines) is 1. The van der Waals surface area contributed by atoms with E-state index in [-0.39, 0.29) is 19.8 Å². The lowest BCUT2D eigenvalue weighted by Gasteiger charge is -2.24. The molecule has 3 atom stereocenters. The summed E-state index contributed by atoms with van der Waals surface area (Å²) in [4.78, 5) is 25.7. The van der Waals surface area contributed by atoms with Crippen molar-refractivity contribution in [2.24, 2.45) is 0 Å². The molecule has 1 amide bonds. The monoisotopic (exact) mass is 353 g/mol. The quantitative estimate of drug-likeness (QED) is 0.557. The van der Waals surface area contributed by atoms with Crippen molar-refractivity contribution in [3.63, 3.8) is 0 Å². The number of hydrogen-bond acceptors (Lipinski definition) is 5. The molecule has 1 heterocycles. The lowest BCUT2D eigenvalue weighted by molar-refractivity contribution is -0.152. The Kier molecular flexibility index (Phi) is 7.18. The van der Waals surface area contributed by atoms with Gasteiger partial charge in [0.1, 0.15) is 18.9 Å². The van der Waals surface area contributed by atoms with Gasteiger partial charge < -0.3 is 14.2 Å². The highest BCUT2D eigenvalue weighted by atomic mass is 19.1. The van der Waals surface area contributed by atoms with Crippen LogP contribution in [0.1, 0.15) is 25.3 Å². The maximum atomic E-state index is 14.2. The molecule has 0 radical (unpaired) electrons. The van der Waals surface area contributed by atoms with Crippen LogP contribution >= 0.6 is 0 Å². The minimum absolute atomic E-state index is 0.0440. The van der Waals surface area contributed by atoms with Crippen LogP contribution in [-0.4, -0.2) is 55.5 Å². The third-order valence-electron chi connectivity index (χ3n) is 4.07. The van der Waals surface area contributed by atoms with Crippen molar-refractivity contribution in [1.29, 1.82) is 0 Å². The van der Waals surface area contributed by atoms with Gasteiger partial charge in [-0.05, 0) is 12.0 Å². The molecule has 7 heteroatoms. The summed E-state index contributed by atoms with van der Waals surface area (Å²) in [6.45, 7) is 1.97. The minimum atomic E-state index is -1.47. The fourth-order valence-corrected chi connectivity index (χ4v) is 2.71. The molecule has 0 spiro atoms. The van der Waals surface area contributed by atoms with Gasteiger partial charge in [0.05, 0.1) is 13.2 Å². The fraction of sp³-hybridized carbons (Fsp3) is 0.556. The first-order valence-electron chi connectivity index (χ1n) is 8.39. The van der Waals surface area contributed by atoms with Gasteiger partial charge in [-0.15, -0.1) is 0 Å². The molecule has 1 aliphatic heterocycles. The summed E-state index contributed by atoms with van der Waals surface area (Å²) in [7, 11) is 1.31. The highest BCUT2D eigenvalue weighted by Crippen LogP contribution is 2.26. The Bertz CT molecular complexity index is 568. The van der Waals surface area contributed by atoms with E-state index in [0.717, 1.165) is 16.9 Å². The van der Waals surface area contributed by atoms with Gasteiger partial charge in [-0.2, -0.15) is 0 Å². The van der Waals surface area contributed by atoms with Gasteiger partial charge in [-0.25, -0.2) is 14.0 Å². The van der Waals surface area contributed by atoms with E-state index in [9.17, 15) is 14.0 Å². The van der Waals surface area contributed by atoms with Crippen LogP contribution in [0.2, 0.25) is 0 Å². The molecule has 1 aromatic rings. The summed E-state index contributed by atoms with van der Waals surface area (Å²) in [6.07, 6.45) is -1.73. The van der Waals surface area contributed by atoms with E-state index in [2.05, 4.69) is 0 Å². The molecule has 1 aliphatic rings. The molecule has 1 saturated heterocycles. The fourth-order valence-electron chi connectivity index (χ4n) is 2.71. The number of carbonyl (C=O) groups is 2. The van der Waals surface area contributed by atoms with Crippen LogP contribution in [0.25, 0.3) is 0 Å². The van der Waals surface area contributed by atoms with Crippen molar-refractivity contribution in [1.82, 2.24) is 4.90 Å². The third-order valence-corrected chi connectivity index (χ3v) is 4.07. The number of alkyl halides is 1. The summed E-state index contributed by atoms with van der Waals surface area (Å²) < 4.78 is 29.6. The summed E-state index contributed by atoms with van der Waals surface area (Å²) in [5.74, 6) is -0.669. The van der Waals surface area contributed by atoms with Crippen LogP contribution in [-0.2, 0) is 25.6 Å². The summed E-state index contributed by atoms with van der Waals surface area (Å²) >= 11 is 0. The summed E-state index contributed by atoms with van der Waals surface area (Å²) in [6, 6.07) is 7.98. The number of methoxy groups -OCH3 is 1. The molecule has 1 aromatic carbocycles. The Morgan fingerprint density at radius 1 is 1.24 bits per heavy atom. The normalized spacial score (nSPS) is 22.7. The number of rotatable bonds is 7. The topological polar surface area (TPSA) is 65.1 Å². The van der Waals surface area contributed by atoms with Crippen LogP contribution in [0.4, 0.5) is 9.18 Å². The number of hydrogen-bond donors (Lipinski definition) is 0. The van der Waals surface area contributed by atoms with Gasteiger partial charge in [-0.3, -0.25) is 4.90 Å². The second-order valence-corrected chi connectivity index (χ2v) is 5.87. The molecule has 0 unspecified atom stereocenters. The van der Waals surface area contributed by atoms with E-state index < -0.39 is 30.4 Å². The van der Waals surface area contributed by atoms with E-state index in [0.29, 0.717) is 6.42 Å². The van der Waals surface area contributed by atoms with Crippen LogP contribution in [0, 0.1) is 0 Å². The van der Waals surface area contributed by atoms with Gasteiger partial charge in [-0.1, -0.05) is 43.7 Å². The number of amides is 1. The van der Waals surface area contributed by atoms with Crippen molar-refractivity contribution in [3.8, 4) is 0 Å². The Balaban J connectivity index is 2.02. The molecule has 0 N–H and O–H groups in total. The van der Waals surface area contributed by atoms with Crippen LogP contribution in [0.3, 0.4) is 0 Å². The van der Waals surface area contributed by atoms with Gasteiger partial charge in [0.15, 0.2) is 6.04 Å². The zero-order valence-electron chi connectivity index (χ0n) is 14.5. The zero-order valence-corrected chi connectivity index (χ0v) is 14.5. The molecular formula is C18H24FNO5. The molecule has 25 heavy (non-hydrogen) atoms. The SMILES string of the molecule is CCCCOC(=O)[C@@H]1[C@H](OC)[C@@H](F)CN1C(=O)OCc1ccccc1. The van der Waals surface area contributed by atoms with Crippen LogP contribution in [0.15, 0.2) is 30.3 Å². The number of carbonyl (C=O) groups excluding carboxylic acids is 2. The number of unbranched alkanes of at least 4 members (excludes halogenated alkanes) is 1. The molecule has 138 valence electrons. The molecule has 2 rings (SSSR count). The highest BCUT2D eigenvalue weighted by molar-refractivity contribution is 5.83. The predicted molar refractivity (Wildman–Crippen MR) is 88.7 cm³/mol. The Morgan fingerprint density at radius 2 is 1.96 bits per heavy atom. The van der Waals surface area contributed by atoms with Crippen molar-refractivity contribution in [2.45, 2.75) is 44.7 Å². The first-order valence-corrected chi connectivity index (χ1v) is 8.39. The first-order chi connectivity index (χ1) is 12.1. The molecule has 0 aliphatic carbocycles. The second kappa shape index (κ2) is 9.36. The zero-order chi connectivity index (χ0) is 18.2. The molecule has 0 saturated carbocycles. The number of nitrogens with zero attached hydrogens (tertiary/aromatic N) is 1. The van der Waals surface area contributed by atoms with Crippen LogP contribution in [0.5, 0.6) is 0 Å². The van der Waals surface area contributed by atoms with Gasteiger partial charge in [0.25, 0.3) is 0 Å². The highest BCUT2D eigenvalue weighted by Gasteiger charge is 2.50. The molecule has 0 aromatic heterocycles. The lowest BCUT2D eigenvalue weighted by atomic mass is 10.1. The van der Waals surface area contributed by atoms with Gasteiger partial charge in [0, 0.05) is 7.11 Å². The molecule has 1 fully saturated rings. The summed E-state index contributed by atoms with van der Waals surface area (Å²) in [5, 5.41) is 0. The van der Waals surface area contributed by atoms with Crippen molar-refractivity contribution in [2.75, 3.05) is 20.3 Å². The standard InChI is InChI=1S/C18H24FNO5/c1-3-4-10-24-17(21)15-16(23-2)14(19)11-20(15)18(22)25-12-13-8-6-5-7-9-13/h5-9,14-16H,3-4,10-12H2,1-2H3/t14-,15-,16+/m0/s1. The van der Waals surface area contributed by atoms with Gasteiger partial charge in [0.2, 0.25) is 0 Å². The van der Waals surface area contributed by atoms with Gasteiger partial charge >= 0.3 is 12.1 Å². The molecule has 0 bridgehead atoms. The van der Waals surface area contributed by atoms with E-state index in [4.69, 9.17) is 14.2 Å². The Labute approximate surface area is 146 Å². The first kappa shape index (κ1) is 19.2. The van der Waals surface area contributed by atoms with Crippen molar-refractivity contribution < 1.29 is 28.2 Å². The van der Waals surface area contributed by atoms with E-state index in [1.807, 2.05) is 37.3 Å². The lowest BCUT2D eigenvalue weighted by Crippen LogP contribution is -2.47. The average Bonchev–Trinajstić information content (AvgIpc) is 2.97. The number of esters is 1. The Hall–Kier alpha value is -2.15. The second-order valence-electron chi connectivity index (χ2n) is 5.87. The number of ether oxygens (including phenoxy) is 3. The van der Waals surface area contributed by atoms with Crippen molar-refractivity contribution >= 4 is 12.1 Å². The molecule has 6 nitrogen and oxygen atoms in total. The maximum absolute atomic E-state index is 14.2. The summed E-state index contributed by atoms with van der Waals surface area (Å²) in [5.41, 5.74) is 0.803.